The second-order valence-corrected chi connectivity index (χ2v) is 5.88. The molecular weight excluding hydrogens is 320 g/mol. The van der Waals surface area contributed by atoms with Crippen molar-refractivity contribution in [3.63, 3.8) is 0 Å². The molecule has 2 unspecified atom stereocenters. The van der Waals surface area contributed by atoms with Crippen LogP contribution in [-0.4, -0.2) is 35.8 Å². The molecule has 0 aliphatic carbocycles. The van der Waals surface area contributed by atoms with Gasteiger partial charge in [0.15, 0.2) is 5.96 Å². The summed E-state index contributed by atoms with van der Waals surface area (Å²) in [6.45, 7) is 2.30. The highest BCUT2D eigenvalue weighted by Gasteiger charge is 2.20. The van der Waals surface area contributed by atoms with Crippen molar-refractivity contribution in [2.24, 2.45) is 16.5 Å². The van der Waals surface area contributed by atoms with Gasteiger partial charge < -0.3 is 16.2 Å². The number of aryl methyl sites for hydroxylation is 1. The fourth-order valence-corrected chi connectivity index (χ4v) is 2.33. The maximum atomic E-state index is 12.0. The average molecular weight is 342 g/mol. The van der Waals surface area contributed by atoms with Gasteiger partial charge in [0.2, 0.25) is 11.1 Å². The van der Waals surface area contributed by atoms with Crippen LogP contribution < -0.4 is 16.9 Å². The second kappa shape index (κ2) is 9.93. The maximum Gasteiger partial charge on any atom is 0.325 e. The normalized spacial score (nSPS) is 13.1. The van der Waals surface area contributed by atoms with E-state index < -0.39 is 23.1 Å². The molecule has 0 heterocycles. The van der Waals surface area contributed by atoms with E-state index in [-0.39, 0.29) is 5.96 Å². The monoisotopic (exact) mass is 342 g/mol. The van der Waals surface area contributed by atoms with E-state index in [1.54, 1.807) is 12.1 Å². The molecule has 0 saturated carbocycles. The maximum absolute atomic E-state index is 12.0. The Bertz CT molecular complexity index is 558. The molecule has 0 bridgehead atoms. The Morgan fingerprint density at radius 3 is 2.57 bits per heavy atom. The largest absolute Gasteiger partial charge is 0.468 e. The predicted octanol–water partition coefficient (Wildman–Crippen LogP) is 0.134. The van der Waals surface area contributed by atoms with Gasteiger partial charge in [-0.25, -0.2) is 4.21 Å². The molecule has 8 nitrogen and oxygen atoms in total. The Labute approximate surface area is 137 Å². The van der Waals surface area contributed by atoms with Crippen molar-refractivity contribution < 1.29 is 18.0 Å². The van der Waals surface area contributed by atoms with Crippen molar-refractivity contribution in [2.75, 3.05) is 13.7 Å². The summed E-state index contributed by atoms with van der Waals surface area (Å²) < 4.78 is 21.8. The Morgan fingerprint density at radius 1 is 1.35 bits per heavy atom. The van der Waals surface area contributed by atoms with Gasteiger partial charge in [0, 0.05) is 6.54 Å². The van der Waals surface area contributed by atoms with Crippen molar-refractivity contribution in [2.45, 2.75) is 30.7 Å². The first kappa shape index (κ1) is 19.1. The van der Waals surface area contributed by atoms with Gasteiger partial charge in [0.1, 0.15) is 6.04 Å². The molecule has 0 fully saturated rings. The molecular formula is C14H22N4O4S. The van der Waals surface area contributed by atoms with Crippen LogP contribution in [-0.2, 0) is 24.9 Å². The number of hydroxylamine groups is 1. The molecule has 0 saturated heterocycles. The number of carbonyl (C=O) groups excluding carboxylic acids is 1. The van der Waals surface area contributed by atoms with Crippen molar-refractivity contribution in [1.82, 2.24) is 5.48 Å². The third kappa shape index (κ3) is 7.22. The first-order valence-corrected chi connectivity index (χ1v) is 8.06. The lowest BCUT2D eigenvalue weighted by Crippen LogP contribution is -2.38. The van der Waals surface area contributed by atoms with Crippen molar-refractivity contribution in [1.29, 1.82) is 0 Å². The van der Waals surface area contributed by atoms with E-state index in [1.165, 1.54) is 7.11 Å². The van der Waals surface area contributed by atoms with Crippen LogP contribution in [0.3, 0.4) is 0 Å². The molecule has 0 amide bonds. The molecule has 9 heteroatoms. The number of rotatable bonds is 9. The number of hydrogen-bond donors (Lipinski definition) is 3. The number of guanidine groups is 1. The van der Waals surface area contributed by atoms with E-state index in [4.69, 9.17) is 15.8 Å². The van der Waals surface area contributed by atoms with Crippen LogP contribution in [0.15, 0.2) is 34.2 Å². The summed E-state index contributed by atoms with van der Waals surface area (Å²) in [5.41, 5.74) is 14.0. The van der Waals surface area contributed by atoms with Crippen LogP contribution in [0.1, 0.15) is 18.4 Å². The molecule has 1 aromatic carbocycles. The standard InChI is InChI=1S/C14H22N4O4S/c1-10-5-7-11(8-6-10)23(20)22-18-12(13(19)21-2)4-3-9-17-14(15)16/h5-8,12,18H,3-4,9H2,1-2H3,(H4,15,16,17). The molecule has 0 radical (unpaired) electrons. The minimum atomic E-state index is -1.73. The predicted molar refractivity (Wildman–Crippen MR) is 87.5 cm³/mol. The van der Waals surface area contributed by atoms with Crippen LogP contribution in [0.5, 0.6) is 0 Å². The highest BCUT2D eigenvalue weighted by molar-refractivity contribution is 7.80. The number of nitrogens with zero attached hydrogens (tertiary/aromatic N) is 1. The van der Waals surface area contributed by atoms with Crippen LogP contribution in [0.4, 0.5) is 0 Å². The first-order valence-electron chi connectivity index (χ1n) is 6.98. The molecule has 5 N–H and O–H groups in total. The Kier molecular flexibility index (Phi) is 8.23. The summed E-state index contributed by atoms with van der Waals surface area (Å²) in [5, 5.41) is 0. The lowest BCUT2D eigenvalue weighted by Gasteiger charge is -2.15. The van der Waals surface area contributed by atoms with E-state index in [0.29, 0.717) is 24.3 Å². The van der Waals surface area contributed by atoms with Gasteiger partial charge in [-0.1, -0.05) is 17.7 Å². The van der Waals surface area contributed by atoms with Gasteiger partial charge in [-0.15, -0.1) is 0 Å². The summed E-state index contributed by atoms with van der Waals surface area (Å²) in [4.78, 5) is 16.0. The minimum absolute atomic E-state index is 0.00991. The van der Waals surface area contributed by atoms with E-state index in [2.05, 4.69) is 15.2 Å². The quantitative estimate of drug-likeness (QED) is 0.191. The number of hydrogen-bond acceptors (Lipinski definition) is 6. The molecule has 2 atom stereocenters. The van der Waals surface area contributed by atoms with Gasteiger partial charge in [-0.05, 0) is 31.9 Å². The third-order valence-corrected chi connectivity index (χ3v) is 3.82. The van der Waals surface area contributed by atoms with Crippen molar-refractivity contribution >= 4 is 23.0 Å². The van der Waals surface area contributed by atoms with Gasteiger partial charge in [0.05, 0.1) is 12.0 Å². The molecule has 0 aliphatic heterocycles. The first-order chi connectivity index (χ1) is 10.9. The Morgan fingerprint density at radius 2 is 2.00 bits per heavy atom. The Balaban J connectivity index is 2.53. The van der Waals surface area contributed by atoms with E-state index in [0.717, 1.165) is 5.56 Å². The average Bonchev–Trinajstić information content (AvgIpc) is 2.53. The van der Waals surface area contributed by atoms with Crippen LogP contribution >= 0.6 is 0 Å². The molecule has 1 aromatic rings. The number of ether oxygens (including phenoxy) is 1. The number of methoxy groups -OCH3 is 1. The fraction of sp³-hybridized carbons (Fsp3) is 0.429. The molecule has 0 spiro atoms. The summed E-state index contributed by atoms with van der Waals surface area (Å²) >= 11 is -1.73. The van der Waals surface area contributed by atoms with Gasteiger partial charge in [-0.3, -0.25) is 9.79 Å². The summed E-state index contributed by atoms with van der Waals surface area (Å²) in [6.07, 6.45) is 0.903. The zero-order chi connectivity index (χ0) is 17.2. The summed E-state index contributed by atoms with van der Waals surface area (Å²) in [5.74, 6) is -0.528. The van der Waals surface area contributed by atoms with Crippen LogP contribution in [0.2, 0.25) is 0 Å². The van der Waals surface area contributed by atoms with E-state index in [1.807, 2.05) is 19.1 Å². The van der Waals surface area contributed by atoms with Crippen molar-refractivity contribution in [3.05, 3.63) is 29.8 Å². The topological polar surface area (TPSA) is 129 Å². The number of nitrogens with two attached hydrogens (primary N) is 2. The van der Waals surface area contributed by atoms with Crippen LogP contribution in [0, 0.1) is 6.92 Å². The van der Waals surface area contributed by atoms with Crippen molar-refractivity contribution in [3.8, 4) is 0 Å². The molecule has 23 heavy (non-hydrogen) atoms. The van der Waals surface area contributed by atoms with Gasteiger partial charge in [-0.2, -0.15) is 9.76 Å². The van der Waals surface area contributed by atoms with E-state index >= 15 is 0 Å². The molecule has 0 aliphatic rings. The number of aliphatic imine (C=N–C) groups is 1. The molecule has 0 aromatic heterocycles. The van der Waals surface area contributed by atoms with Gasteiger partial charge in [0.25, 0.3) is 0 Å². The third-order valence-electron chi connectivity index (χ3n) is 2.91. The lowest BCUT2D eigenvalue weighted by atomic mass is 10.2. The number of carbonyl (C=O) groups is 1. The zero-order valence-corrected chi connectivity index (χ0v) is 14.0. The number of nitrogens with one attached hydrogen (secondary N) is 1. The summed E-state index contributed by atoms with van der Waals surface area (Å²) in [6, 6.07) is 6.27. The molecule has 128 valence electrons. The lowest BCUT2D eigenvalue weighted by molar-refractivity contribution is -0.145. The SMILES string of the molecule is COC(=O)C(CCCN=C(N)N)NOS(=O)c1ccc(C)cc1. The fourth-order valence-electron chi connectivity index (χ4n) is 1.67. The van der Waals surface area contributed by atoms with E-state index in [9.17, 15) is 9.00 Å². The zero-order valence-electron chi connectivity index (χ0n) is 13.2. The van der Waals surface area contributed by atoms with Gasteiger partial charge >= 0.3 is 5.97 Å². The second-order valence-electron chi connectivity index (χ2n) is 4.77. The number of esters is 1. The summed E-state index contributed by atoms with van der Waals surface area (Å²) in [7, 11) is 1.27. The highest BCUT2D eigenvalue weighted by atomic mass is 32.2. The minimum Gasteiger partial charge on any atom is -0.468 e. The Hall–Kier alpha value is -1.97. The smallest absolute Gasteiger partial charge is 0.325 e. The highest BCUT2D eigenvalue weighted by Crippen LogP contribution is 2.09. The van der Waals surface area contributed by atoms with Crippen LogP contribution in [0.25, 0.3) is 0 Å². The number of benzene rings is 1. The molecule has 1 rings (SSSR count).